The van der Waals surface area contributed by atoms with Crippen molar-refractivity contribution >= 4 is 16.0 Å². The lowest BCUT2D eigenvalue weighted by Gasteiger charge is -2.20. The van der Waals surface area contributed by atoms with Gasteiger partial charge in [0.2, 0.25) is 10.0 Å². The summed E-state index contributed by atoms with van der Waals surface area (Å²) < 4.78 is 27.1. The number of hydrogen-bond donors (Lipinski definition) is 2. The van der Waals surface area contributed by atoms with Gasteiger partial charge in [-0.2, -0.15) is 4.72 Å². The Morgan fingerprint density at radius 3 is 2.38 bits per heavy atom. The number of pyridine rings is 1. The SMILES string of the molecule is CCC(C)C(NS(=O)(=O)c1ccc(-c2cccnc2)cc1)C(=O)O. The molecule has 128 valence electrons. The fourth-order valence-electron chi connectivity index (χ4n) is 2.24. The molecule has 2 unspecified atom stereocenters. The zero-order valence-corrected chi connectivity index (χ0v) is 14.3. The molecule has 0 saturated carbocycles. The van der Waals surface area contributed by atoms with E-state index in [4.69, 9.17) is 0 Å². The highest BCUT2D eigenvalue weighted by atomic mass is 32.2. The predicted octanol–water partition coefficient (Wildman–Crippen LogP) is 2.53. The Hall–Kier alpha value is -2.25. The van der Waals surface area contributed by atoms with Crippen LogP contribution in [0, 0.1) is 5.92 Å². The third-order valence-electron chi connectivity index (χ3n) is 3.92. The lowest BCUT2D eigenvalue weighted by molar-refractivity contribution is -0.140. The number of hydrogen-bond acceptors (Lipinski definition) is 4. The molecule has 0 aliphatic carbocycles. The third-order valence-corrected chi connectivity index (χ3v) is 5.38. The monoisotopic (exact) mass is 348 g/mol. The van der Waals surface area contributed by atoms with Gasteiger partial charge in [-0.05, 0) is 35.2 Å². The standard InChI is InChI=1S/C17H20N2O4S/c1-3-12(2)16(17(20)21)19-24(22,23)15-8-6-13(7-9-15)14-5-4-10-18-11-14/h4-12,16,19H,3H2,1-2H3,(H,20,21). The van der Waals surface area contributed by atoms with Gasteiger partial charge in [0.25, 0.3) is 0 Å². The maximum absolute atomic E-state index is 12.4. The number of benzene rings is 1. The van der Waals surface area contributed by atoms with Crippen LogP contribution in [-0.2, 0) is 14.8 Å². The molecule has 2 aromatic rings. The minimum atomic E-state index is -3.91. The molecule has 2 rings (SSSR count). The van der Waals surface area contributed by atoms with Crippen LogP contribution < -0.4 is 4.72 Å². The van der Waals surface area contributed by atoms with Gasteiger partial charge in [-0.25, -0.2) is 8.42 Å². The zero-order chi connectivity index (χ0) is 17.7. The van der Waals surface area contributed by atoms with Crippen LogP contribution in [0.25, 0.3) is 11.1 Å². The lowest BCUT2D eigenvalue weighted by Crippen LogP contribution is -2.44. The van der Waals surface area contributed by atoms with Crippen molar-refractivity contribution in [3.63, 3.8) is 0 Å². The molecule has 0 saturated heterocycles. The van der Waals surface area contributed by atoms with E-state index < -0.39 is 22.0 Å². The molecule has 0 bridgehead atoms. The predicted molar refractivity (Wildman–Crippen MR) is 90.9 cm³/mol. The third kappa shape index (κ3) is 4.18. The van der Waals surface area contributed by atoms with E-state index in [-0.39, 0.29) is 10.8 Å². The fraction of sp³-hybridized carbons (Fsp3) is 0.294. The van der Waals surface area contributed by atoms with Crippen molar-refractivity contribution in [1.29, 1.82) is 0 Å². The van der Waals surface area contributed by atoms with Crippen molar-refractivity contribution in [3.05, 3.63) is 48.8 Å². The maximum Gasteiger partial charge on any atom is 0.322 e. The molecule has 0 amide bonds. The molecule has 1 aromatic carbocycles. The molecule has 7 heteroatoms. The molecule has 0 radical (unpaired) electrons. The number of aliphatic carboxylic acids is 1. The smallest absolute Gasteiger partial charge is 0.322 e. The van der Waals surface area contributed by atoms with Gasteiger partial charge < -0.3 is 5.11 Å². The number of nitrogens with zero attached hydrogens (tertiary/aromatic N) is 1. The Kier molecular flexibility index (Phi) is 5.69. The highest BCUT2D eigenvalue weighted by molar-refractivity contribution is 7.89. The summed E-state index contributed by atoms with van der Waals surface area (Å²) in [5.74, 6) is -1.49. The molecular formula is C17H20N2O4S. The van der Waals surface area contributed by atoms with E-state index in [1.54, 1.807) is 37.5 Å². The zero-order valence-electron chi connectivity index (χ0n) is 13.5. The Labute approximate surface area is 141 Å². The average Bonchev–Trinajstić information content (AvgIpc) is 2.59. The number of nitrogens with one attached hydrogen (secondary N) is 1. The van der Waals surface area contributed by atoms with E-state index in [9.17, 15) is 18.3 Å². The number of sulfonamides is 1. The largest absolute Gasteiger partial charge is 0.480 e. The lowest BCUT2D eigenvalue weighted by atomic mass is 10.0. The van der Waals surface area contributed by atoms with Gasteiger partial charge in [-0.3, -0.25) is 9.78 Å². The molecule has 2 N–H and O–H groups in total. The van der Waals surface area contributed by atoms with Crippen LogP contribution in [0.15, 0.2) is 53.7 Å². The van der Waals surface area contributed by atoms with Crippen LogP contribution in [-0.4, -0.2) is 30.5 Å². The molecule has 24 heavy (non-hydrogen) atoms. The van der Waals surface area contributed by atoms with Gasteiger partial charge in [0.05, 0.1) is 4.90 Å². The second kappa shape index (κ2) is 7.55. The van der Waals surface area contributed by atoms with E-state index in [1.165, 1.54) is 12.1 Å². The minimum absolute atomic E-state index is 0.0321. The van der Waals surface area contributed by atoms with Crippen molar-refractivity contribution < 1.29 is 18.3 Å². The number of carbonyl (C=O) groups is 1. The van der Waals surface area contributed by atoms with E-state index in [2.05, 4.69) is 9.71 Å². The maximum atomic E-state index is 12.4. The minimum Gasteiger partial charge on any atom is -0.480 e. The number of aromatic nitrogens is 1. The van der Waals surface area contributed by atoms with Crippen molar-refractivity contribution in [2.45, 2.75) is 31.2 Å². The second-order valence-corrected chi connectivity index (χ2v) is 7.30. The van der Waals surface area contributed by atoms with Crippen LogP contribution in [0.2, 0.25) is 0 Å². The Balaban J connectivity index is 2.25. The van der Waals surface area contributed by atoms with Crippen molar-refractivity contribution in [2.24, 2.45) is 5.92 Å². The van der Waals surface area contributed by atoms with Gasteiger partial charge in [0, 0.05) is 12.4 Å². The molecule has 0 aliphatic rings. The molecule has 1 heterocycles. The van der Waals surface area contributed by atoms with Gasteiger partial charge in [-0.1, -0.05) is 38.5 Å². The van der Waals surface area contributed by atoms with Crippen molar-refractivity contribution in [2.75, 3.05) is 0 Å². The molecule has 1 aromatic heterocycles. The van der Waals surface area contributed by atoms with Crippen LogP contribution in [0.1, 0.15) is 20.3 Å². The van der Waals surface area contributed by atoms with Crippen molar-refractivity contribution in [1.82, 2.24) is 9.71 Å². The number of carboxylic acids is 1. The van der Waals surface area contributed by atoms with E-state index in [0.717, 1.165) is 11.1 Å². The topological polar surface area (TPSA) is 96.4 Å². The quantitative estimate of drug-likeness (QED) is 0.801. The summed E-state index contributed by atoms with van der Waals surface area (Å²) in [7, 11) is -3.91. The van der Waals surface area contributed by atoms with Crippen molar-refractivity contribution in [3.8, 4) is 11.1 Å². The Morgan fingerprint density at radius 1 is 1.21 bits per heavy atom. The van der Waals surface area contributed by atoms with Crippen LogP contribution in [0.3, 0.4) is 0 Å². The Bertz CT molecular complexity index is 789. The molecule has 2 atom stereocenters. The van der Waals surface area contributed by atoms with Gasteiger partial charge in [0.1, 0.15) is 6.04 Å². The normalized spacial score (nSPS) is 14.1. The van der Waals surface area contributed by atoms with E-state index in [1.807, 2.05) is 13.0 Å². The first-order valence-electron chi connectivity index (χ1n) is 7.60. The molecule has 0 spiro atoms. The summed E-state index contributed by atoms with van der Waals surface area (Å²) >= 11 is 0. The highest BCUT2D eigenvalue weighted by Crippen LogP contribution is 2.21. The number of rotatable bonds is 7. The van der Waals surface area contributed by atoms with E-state index >= 15 is 0 Å². The van der Waals surface area contributed by atoms with E-state index in [0.29, 0.717) is 6.42 Å². The van der Waals surface area contributed by atoms with Gasteiger partial charge in [0.15, 0.2) is 0 Å². The summed E-state index contributed by atoms with van der Waals surface area (Å²) in [5.41, 5.74) is 1.70. The summed E-state index contributed by atoms with van der Waals surface area (Å²) in [5, 5.41) is 9.24. The average molecular weight is 348 g/mol. The van der Waals surface area contributed by atoms with Crippen LogP contribution in [0.4, 0.5) is 0 Å². The van der Waals surface area contributed by atoms with Gasteiger partial charge in [-0.15, -0.1) is 0 Å². The van der Waals surface area contributed by atoms with Crippen LogP contribution >= 0.6 is 0 Å². The summed E-state index contributed by atoms with van der Waals surface area (Å²) in [6.07, 6.45) is 3.90. The number of carboxylic acid groups (broad SMARTS) is 1. The van der Waals surface area contributed by atoms with Gasteiger partial charge >= 0.3 is 5.97 Å². The molecule has 0 aliphatic heterocycles. The summed E-state index contributed by atoms with van der Waals surface area (Å²) in [6.45, 7) is 3.52. The Morgan fingerprint density at radius 2 is 1.88 bits per heavy atom. The first kappa shape index (κ1) is 18.1. The first-order chi connectivity index (χ1) is 11.3. The summed E-state index contributed by atoms with van der Waals surface area (Å²) in [6, 6.07) is 8.77. The molecular weight excluding hydrogens is 328 g/mol. The van der Waals surface area contributed by atoms with Crippen LogP contribution in [0.5, 0.6) is 0 Å². The highest BCUT2D eigenvalue weighted by Gasteiger charge is 2.29. The molecule has 0 fully saturated rings. The second-order valence-electron chi connectivity index (χ2n) is 5.59. The summed E-state index contributed by atoms with van der Waals surface area (Å²) in [4.78, 5) is 15.4. The first-order valence-corrected chi connectivity index (χ1v) is 9.09. The fourth-order valence-corrected chi connectivity index (χ4v) is 3.54. The molecule has 6 nitrogen and oxygen atoms in total.